The van der Waals surface area contributed by atoms with Gasteiger partial charge in [-0.15, -0.1) is 0 Å². The Kier molecular flexibility index (Phi) is 7.61. The summed E-state index contributed by atoms with van der Waals surface area (Å²) in [5, 5.41) is 0.612. The fraction of sp³-hybridized carbons (Fsp3) is 0.500. The second kappa shape index (κ2) is 9.00. The van der Waals surface area contributed by atoms with E-state index in [1.165, 1.54) is 38.7 Å². The van der Waals surface area contributed by atoms with E-state index in [1.54, 1.807) is 6.92 Å². The molecule has 0 aromatic rings. The van der Waals surface area contributed by atoms with Gasteiger partial charge in [0.15, 0.2) is 0 Å². The molecular weight excluding hydrogens is 258 g/mol. The van der Waals surface area contributed by atoms with Crippen LogP contribution in [0.2, 0.25) is 0 Å². The number of hydrogen-bond acceptors (Lipinski definition) is 2. The highest BCUT2D eigenvalue weighted by Gasteiger charge is 2.10. The molecule has 1 aliphatic rings. The molecule has 1 fully saturated rings. The molecule has 0 radical (unpaired) electrons. The van der Waals surface area contributed by atoms with Crippen molar-refractivity contribution < 1.29 is 4.74 Å². The van der Waals surface area contributed by atoms with Crippen molar-refractivity contribution in [3.63, 3.8) is 0 Å². The predicted molar refractivity (Wildman–Crippen MR) is 83.0 cm³/mol. The number of halogens is 1. The Bertz CT molecular complexity index is 361. The third-order valence-corrected chi connectivity index (χ3v) is 3.38. The second-order valence-corrected chi connectivity index (χ2v) is 5.39. The zero-order valence-corrected chi connectivity index (χ0v) is 12.6. The maximum absolute atomic E-state index is 5.92. The topological polar surface area (TPSA) is 12.5 Å². The average molecular weight is 282 g/mol. The summed E-state index contributed by atoms with van der Waals surface area (Å²) in [6.45, 7) is 13.1. The van der Waals surface area contributed by atoms with E-state index in [0.717, 1.165) is 18.4 Å². The highest BCUT2D eigenvalue weighted by Crippen LogP contribution is 2.15. The van der Waals surface area contributed by atoms with Crippen LogP contribution in [0.25, 0.3) is 0 Å². The van der Waals surface area contributed by atoms with Crippen LogP contribution in [0.15, 0.2) is 47.9 Å². The molecule has 0 aromatic carbocycles. The second-order valence-electron chi connectivity index (χ2n) is 4.83. The van der Waals surface area contributed by atoms with Crippen LogP contribution in [0.3, 0.4) is 0 Å². The van der Waals surface area contributed by atoms with Gasteiger partial charge >= 0.3 is 0 Å². The van der Waals surface area contributed by atoms with Gasteiger partial charge in [0.25, 0.3) is 0 Å². The van der Waals surface area contributed by atoms with E-state index in [2.05, 4.69) is 18.1 Å². The third-order valence-electron chi connectivity index (χ3n) is 3.19. The lowest BCUT2D eigenvalue weighted by Gasteiger charge is -2.13. The maximum atomic E-state index is 5.92. The van der Waals surface area contributed by atoms with E-state index in [-0.39, 0.29) is 0 Å². The summed E-state index contributed by atoms with van der Waals surface area (Å²) in [6, 6.07) is 0. The Labute approximate surface area is 122 Å². The third kappa shape index (κ3) is 6.65. The van der Waals surface area contributed by atoms with Crippen molar-refractivity contribution in [1.82, 2.24) is 4.90 Å². The fourth-order valence-electron chi connectivity index (χ4n) is 2.14. The Morgan fingerprint density at radius 3 is 2.58 bits per heavy atom. The Morgan fingerprint density at radius 2 is 2.00 bits per heavy atom. The van der Waals surface area contributed by atoms with Crippen LogP contribution in [0.4, 0.5) is 0 Å². The van der Waals surface area contributed by atoms with Crippen LogP contribution in [0, 0.1) is 0 Å². The first-order chi connectivity index (χ1) is 9.13. The zero-order chi connectivity index (χ0) is 14.1. The highest BCUT2D eigenvalue weighted by atomic mass is 35.5. The minimum atomic E-state index is 0.612. The Hall–Kier alpha value is -0.990. The molecule has 0 saturated carbocycles. The van der Waals surface area contributed by atoms with Crippen LogP contribution >= 0.6 is 11.6 Å². The minimum Gasteiger partial charge on any atom is -0.464 e. The summed E-state index contributed by atoms with van der Waals surface area (Å²) >= 11 is 5.92. The van der Waals surface area contributed by atoms with E-state index in [1.807, 2.05) is 12.2 Å². The van der Waals surface area contributed by atoms with Crippen molar-refractivity contribution in [3.05, 3.63) is 47.9 Å². The Morgan fingerprint density at radius 1 is 1.32 bits per heavy atom. The van der Waals surface area contributed by atoms with Crippen molar-refractivity contribution in [1.29, 1.82) is 0 Å². The SMILES string of the molecule is C=COC(/C=C\C(=C)CCCN1CCCC1)=C(/C)Cl. The van der Waals surface area contributed by atoms with Crippen molar-refractivity contribution in [2.75, 3.05) is 19.6 Å². The lowest BCUT2D eigenvalue weighted by atomic mass is 10.1. The van der Waals surface area contributed by atoms with Gasteiger partial charge in [-0.3, -0.25) is 0 Å². The quantitative estimate of drug-likeness (QED) is 0.476. The van der Waals surface area contributed by atoms with Gasteiger partial charge in [0, 0.05) is 0 Å². The lowest BCUT2D eigenvalue weighted by molar-refractivity contribution is 0.334. The molecule has 106 valence electrons. The predicted octanol–water partition coefficient (Wildman–Crippen LogP) is 4.61. The van der Waals surface area contributed by atoms with Gasteiger partial charge in [0.1, 0.15) is 5.76 Å². The van der Waals surface area contributed by atoms with Gasteiger partial charge in [-0.25, -0.2) is 0 Å². The molecule has 0 unspecified atom stereocenters. The van der Waals surface area contributed by atoms with Crippen LogP contribution in [0.1, 0.15) is 32.6 Å². The molecule has 0 N–H and O–H groups in total. The molecule has 0 aromatic heterocycles. The summed E-state index contributed by atoms with van der Waals surface area (Å²) in [5.74, 6) is 0.623. The van der Waals surface area contributed by atoms with Gasteiger partial charge < -0.3 is 9.64 Å². The van der Waals surface area contributed by atoms with Crippen LogP contribution in [-0.2, 0) is 4.74 Å². The van der Waals surface area contributed by atoms with Gasteiger partial charge in [-0.05, 0) is 58.3 Å². The lowest BCUT2D eigenvalue weighted by Crippen LogP contribution is -2.20. The molecule has 0 aliphatic carbocycles. The van der Waals surface area contributed by atoms with Gasteiger partial charge in [0.2, 0.25) is 0 Å². The molecule has 19 heavy (non-hydrogen) atoms. The van der Waals surface area contributed by atoms with Gasteiger partial charge in [-0.1, -0.05) is 36.4 Å². The van der Waals surface area contributed by atoms with Gasteiger partial charge in [-0.2, -0.15) is 0 Å². The monoisotopic (exact) mass is 281 g/mol. The first-order valence-electron chi connectivity index (χ1n) is 6.85. The van der Waals surface area contributed by atoms with Crippen molar-refractivity contribution in [2.24, 2.45) is 0 Å². The Balaban J connectivity index is 2.29. The number of ether oxygens (including phenoxy) is 1. The smallest absolute Gasteiger partial charge is 0.140 e. The minimum absolute atomic E-state index is 0.612. The molecule has 3 heteroatoms. The molecule has 0 atom stereocenters. The molecule has 1 saturated heterocycles. The molecule has 2 nitrogen and oxygen atoms in total. The highest BCUT2D eigenvalue weighted by molar-refractivity contribution is 6.29. The normalized spacial score (nSPS) is 17.6. The van der Waals surface area contributed by atoms with Crippen LogP contribution < -0.4 is 0 Å². The molecule has 1 rings (SSSR count). The summed E-state index contributed by atoms with van der Waals surface area (Å²) < 4.78 is 5.21. The molecule has 0 spiro atoms. The molecule has 1 heterocycles. The first kappa shape index (κ1) is 16.1. The number of hydrogen-bond donors (Lipinski definition) is 0. The molecule has 1 aliphatic heterocycles. The maximum Gasteiger partial charge on any atom is 0.140 e. The molecular formula is C16H24ClNO. The number of likely N-dealkylation sites (tertiary alicyclic amines) is 1. The van der Waals surface area contributed by atoms with Gasteiger partial charge in [0.05, 0.1) is 11.3 Å². The van der Waals surface area contributed by atoms with Crippen molar-refractivity contribution in [3.8, 4) is 0 Å². The van der Waals surface area contributed by atoms with Crippen molar-refractivity contribution >= 4 is 11.6 Å². The van der Waals surface area contributed by atoms with Crippen LogP contribution in [0.5, 0.6) is 0 Å². The summed E-state index contributed by atoms with van der Waals surface area (Å²) in [5.41, 5.74) is 1.10. The fourth-order valence-corrected chi connectivity index (χ4v) is 2.25. The zero-order valence-electron chi connectivity index (χ0n) is 11.8. The van der Waals surface area contributed by atoms with Crippen molar-refractivity contribution in [2.45, 2.75) is 32.6 Å². The van der Waals surface area contributed by atoms with E-state index in [4.69, 9.17) is 16.3 Å². The summed E-state index contributed by atoms with van der Waals surface area (Å²) in [4.78, 5) is 2.52. The molecule has 0 amide bonds. The summed E-state index contributed by atoms with van der Waals surface area (Å²) in [6.07, 6.45) is 10.1. The van der Waals surface area contributed by atoms with Crippen LogP contribution in [-0.4, -0.2) is 24.5 Å². The number of allylic oxidation sites excluding steroid dienone is 4. The summed E-state index contributed by atoms with van der Waals surface area (Å²) in [7, 11) is 0. The average Bonchev–Trinajstić information content (AvgIpc) is 2.87. The largest absolute Gasteiger partial charge is 0.464 e. The first-order valence-corrected chi connectivity index (χ1v) is 7.23. The number of nitrogens with zero attached hydrogens (tertiary/aromatic N) is 1. The number of rotatable bonds is 8. The van der Waals surface area contributed by atoms with E-state index in [9.17, 15) is 0 Å². The van der Waals surface area contributed by atoms with E-state index >= 15 is 0 Å². The van der Waals surface area contributed by atoms with E-state index < -0.39 is 0 Å². The standard InChI is InChI=1S/C16H24ClNO/c1-4-19-16(15(3)17)10-9-14(2)8-7-13-18-11-5-6-12-18/h4,9-10H,1-2,5-8,11-13H2,3H3/b10-9-,16-15-. The molecule has 0 bridgehead atoms. The van der Waals surface area contributed by atoms with E-state index in [0.29, 0.717) is 10.8 Å².